The van der Waals surface area contributed by atoms with E-state index in [1.807, 2.05) is 39.8 Å². The number of benzene rings is 1. The monoisotopic (exact) mass is 373 g/mol. The summed E-state index contributed by atoms with van der Waals surface area (Å²) in [7, 11) is 0. The van der Waals surface area contributed by atoms with Gasteiger partial charge < -0.3 is 15.1 Å². The van der Waals surface area contributed by atoms with Crippen molar-refractivity contribution in [2.45, 2.75) is 53.1 Å². The third kappa shape index (κ3) is 5.08. The van der Waals surface area contributed by atoms with Crippen LogP contribution in [0, 0.1) is 5.92 Å². The molecular weight excluding hydrogens is 342 g/mol. The molecule has 0 saturated carbocycles. The average Bonchev–Trinajstić information content (AvgIpc) is 3.16. The molecule has 2 rings (SSSR count). The number of hydrogen-bond acceptors (Lipinski definition) is 3. The van der Waals surface area contributed by atoms with E-state index in [1.54, 1.807) is 21.9 Å². The Morgan fingerprint density at radius 2 is 1.78 bits per heavy atom. The maximum Gasteiger partial charge on any atom is 0.253 e. The molecule has 1 aromatic rings. The molecule has 1 heterocycles. The lowest BCUT2D eigenvalue weighted by Gasteiger charge is -2.25. The fourth-order valence-electron chi connectivity index (χ4n) is 3.40. The van der Waals surface area contributed by atoms with Crippen LogP contribution in [0.2, 0.25) is 0 Å². The van der Waals surface area contributed by atoms with Crippen LogP contribution in [0.15, 0.2) is 24.3 Å². The molecule has 1 unspecified atom stereocenters. The fraction of sp³-hybridized carbons (Fsp3) is 0.571. The number of likely N-dealkylation sites (tertiary alicyclic amines) is 1. The molecule has 1 saturated heterocycles. The van der Waals surface area contributed by atoms with Crippen molar-refractivity contribution in [1.82, 2.24) is 15.1 Å². The van der Waals surface area contributed by atoms with E-state index in [0.29, 0.717) is 38.2 Å². The van der Waals surface area contributed by atoms with E-state index >= 15 is 0 Å². The first-order chi connectivity index (χ1) is 12.9. The second kappa shape index (κ2) is 9.53. The lowest BCUT2D eigenvalue weighted by atomic mass is 10.1. The van der Waals surface area contributed by atoms with E-state index in [4.69, 9.17) is 0 Å². The Bertz CT molecular complexity index is 666. The van der Waals surface area contributed by atoms with Crippen LogP contribution in [0.3, 0.4) is 0 Å². The highest BCUT2D eigenvalue weighted by atomic mass is 16.2. The number of rotatable bonds is 7. The number of carbonyl (C=O) groups is 3. The molecular formula is C21H31N3O3. The third-order valence-corrected chi connectivity index (χ3v) is 5.05. The lowest BCUT2D eigenvalue weighted by Crippen LogP contribution is -2.47. The van der Waals surface area contributed by atoms with Crippen molar-refractivity contribution in [1.29, 1.82) is 0 Å². The minimum atomic E-state index is -0.372. The maximum atomic E-state index is 12.5. The topological polar surface area (TPSA) is 69.7 Å². The highest BCUT2D eigenvalue weighted by Crippen LogP contribution is 2.20. The molecule has 0 bridgehead atoms. The zero-order valence-corrected chi connectivity index (χ0v) is 16.8. The first-order valence-corrected chi connectivity index (χ1v) is 9.85. The van der Waals surface area contributed by atoms with Crippen molar-refractivity contribution in [3.05, 3.63) is 35.4 Å². The summed E-state index contributed by atoms with van der Waals surface area (Å²) < 4.78 is 0. The van der Waals surface area contributed by atoms with Crippen LogP contribution < -0.4 is 5.32 Å². The van der Waals surface area contributed by atoms with Crippen LogP contribution in [0.5, 0.6) is 0 Å². The summed E-state index contributed by atoms with van der Waals surface area (Å²) in [5, 5.41) is 2.93. The van der Waals surface area contributed by atoms with Crippen LogP contribution >= 0.6 is 0 Å². The van der Waals surface area contributed by atoms with Crippen LogP contribution in [-0.4, -0.2) is 53.2 Å². The largest absolute Gasteiger partial charge is 0.350 e. The quantitative estimate of drug-likeness (QED) is 0.798. The van der Waals surface area contributed by atoms with Crippen molar-refractivity contribution < 1.29 is 14.4 Å². The summed E-state index contributed by atoms with van der Waals surface area (Å²) in [6, 6.07) is 6.95. The summed E-state index contributed by atoms with van der Waals surface area (Å²) in [6.45, 7) is 10.0. The van der Waals surface area contributed by atoms with Gasteiger partial charge in [0, 0.05) is 37.7 Å². The van der Waals surface area contributed by atoms with Gasteiger partial charge >= 0.3 is 0 Å². The van der Waals surface area contributed by atoms with Crippen molar-refractivity contribution >= 4 is 17.7 Å². The lowest BCUT2D eigenvalue weighted by molar-refractivity contribution is -0.140. The zero-order chi connectivity index (χ0) is 20.0. The summed E-state index contributed by atoms with van der Waals surface area (Å²) >= 11 is 0. The minimum absolute atomic E-state index is 0.0179. The van der Waals surface area contributed by atoms with Crippen LogP contribution in [-0.2, 0) is 16.1 Å². The molecule has 1 aliphatic heterocycles. The highest BCUT2D eigenvalue weighted by Gasteiger charge is 2.34. The summed E-state index contributed by atoms with van der Waals surface area (Å²) in [5.41, 5.74) is 1.58. The number of carbonyl (C=O) groups excluding carboxylic acids is 3. The molecule has 1 atom stereocenters. The number of amides is 3. The van der Waals surface area contributed by atoms with Gasteiger partial charge in [-0.15, -0.1) is 0 Å². The van der Waals surface area contributed by atoms with E-state index in [1.165, 1.54) is 0 Å². The molecule has 1 aromatic carbocycles. The molecule has 1 N–H and O–H groups in total. The van der Waals surface area contributed by atoms with Gasteiger partial charge in [0.25, 0.3) is 5.91 Å². The van der Waals surface area contributed by atoms with Gasteiger partial charge in [0.1, 0.15) is 6.04 Å². The smallest absolute Gasteiger partial charge is 0.253 e. The molecule has 0 aromatic heterocycles. The normalized spacial score (nSPS) is 16.5. The molecule has 3 amide bonds. The molecule has 0 radical (unpaired) electrons. The number of nitrogens with one attached hydrogen (secondary N) is 1. The fourth-order valence-corrected chi connectivity index (χ4v) is 3.40. The second-order valence-electron chi connectivity index (χ2n) is 7.24. The average molecular weight is 373 g/mol. The van der Waals surface area contributed by atoms with Gasteiger partial charge in [0.05, 0.1) is 0 Å². The Hall–Kier alpha value is -2.37. The minimum Gasteiger partial charge on any atom is -0.350 e. The first-order valence-electron chi connectivity index (χ1n) is 9.85. The Kier molecular flexibility index (Phi) is 7.39. The van der Waals surface area contributed by atoms with Crippen molar-refractivity contribution in [2.75, 3.05) is 19.6 Å². The SMILES string of the molecule is CCN(CC)C(=O)c1ccc(CNC(=O)C2CCCN2C(=O)C(C)C)cc1. The van der Waals surface area contributed by atoms with Crippen LogP contribution in [0.25, 0.3) is 0 Å². The zero-order valence-electron chi connectivity index (χ0n) is 16.8. The Labute approximate surface area is 161 Å². The summed E-state index contributed by atoms with van der Waals surface area (Å²) in [6.07, 6.45) is 1.57. The van der Waals surface area contributed by atoms with Gasteiger partial charge in [0.15, 0.2) is 0 Å². The molecule has 6 nitrogen and oxygen atoms in total. The molecule has 27 heavy (non-hydrogen) atoms. The van der Waals surface area contributed by atoms with Crippen LogP contribution in [0.4, 0.5) is 0 Å². The van der Waals surface area contributed by atoms with Gasteiger partial charge in [-0.05, 0) is 44.4 Å². The van der Waals surface area contributed by atoms with Crippen molar-refractivity contribution in [2.24, 2.45) is 5.92 Å². The van der Waals surface area contributed by atoms with E-state index < -0.39 is 0 Å². The molecule has 0 spiro atoms. The van der Waals surface area contributed by atoms with Crippen LogP contribution in [0.1, 0.15) is 56.5 Å². The van der Waals surface area contributed by atoms with Gasteiger partial charge in [-0.2, -0.15) is 0 Å². The Morgan fingerprint density at radius 1 is 1.15 bits per heavy atom. The van der Waals surface area contributed by atoms with E-state index in [-0.39, 0.29) is 29.7 Å². The Morgan fingerprint density at radius 3 is 2.33 bits per heavy atom. The first kappa shape index (κ1) is 20.9. The maximum absolute atomic E-state index is 12.5. The second-order valence-corrected chi connectivity index (χ2v) is 7.24. The summed E-state index contributed by atoms with van der Waals surface area (Å²) in [5.74, 6) is -0.157. The molecule has 148 valence electrons. The third-order valence-electron chi connectivity index (χ3n) is 5.05. The number of nitrogens with zero attached hydrogens (tertiary/aromatic N) is 2. The standard InChI is InChI=1S/C21H31N3O3/c1-5-23(6-2)21(27)17-11-9-16(10-12-17)14-22-19(25)18-8-7-13-24(18)20(26)15(3)4/h9-12,15,18H,5-8,13-14H2,1-4H3,(H,22,25). The predicted octanol–water partition coefficient (Wildman–Crippen LogP) is 2.43. The van der Waals surface area contributed by atoms with E-state index in [9.17, 15) is 14.4 Å². The van der Waals surface area contributed by atoms with E-state index in [0.717, 1.165) is 12.0 Å². The number of hydrogen-bond donors (Lipinski definition) is 1. The molecule has 6 heteroatoms. The van der Waals surface area contributed by atoms with Gasteiger partial charge in [0.2, 0.25) is 11.8 Å². The highest BCUT2D eigenvalue weighted by molar-refractivity contribution is 5.94. The van der Waals surface area contributed by atoms with Crippen molar-refractivity contribution in [3.63, 3.8) is 0 Å². The molecule has 1 fully saturated rings. The Balaban J connectivity index is 1.93. The van der Waals surface area contributed by atoms with Gasteiger partial charge in [-0.3, -0.25) is 14.4 Å². The van der Waals surface area contributed by atoms with Gasteiger partial charge in [-0.1, -0.05) is 26.0 Å². The van der Waals surface area contributed by atoms with Crippen molar-refractivity contribution in [3.8, 4) is 0 Å². The van der Waals surface area contributed by atoms with Gasteiger partial charge in [-0.25, -0.2) is 0 Å². The summed E-state index contributed by atoms with van der Waals surface area (Å²) in [4.78, 5) is 40.6. The molecule has 0 aliphatic carbocycles. The van der Waals surface area contributed by atoms with E-state index in [2.05, 4.69) is 5.32 Å². The molecule has 1 aliphatic rings. The predicted molar refractivity (Wildman–Crippen MR) is 105 cm³/mol.